The first-order valence-corrected chi connectivity index (χ1v) is 9.06. The first-order valence-electron chi connectivity index (χ1n) is 7.93. The van der Waals surface area contributed by atoms with Gasteiger partial charge >= 0.3 is 0 Å². The van der Waals surface area contributed by atoms with E-state index in [4.69, 9.17) is 34.8 Å². The van der Waals surface area contributed by atoms with E-state index in [0.29, 0.717) is 32.6 Å². The van der Waals surface area contributed by atoms with E-state index in [9.17, 15) is 4.79 Å². The van der Waals surface area contributed by atoms with Crippen molar-refractivity contribution in [3.05, 3.63) is 104 Å². The van der Waals surface area contributed by atoms with Crippen molar-refractivity contribution in [1.82, 2.24) is 0 Å². The lowest BCUT2D eigenvalue weighted by Crippen LogP contribution is -2.22. The Morgan fingerprint density at radius 2 is 1.20 bits per heavy atom. The van der Waals surface area contributed by atoms with E-state index >= 15 is 0 Å². The van der Waals surface area contributed by atoms with Crippen LogP contribution in [0, 0.1) is 0 Å². The minimum absolute atomic E-state index is 0.0367. The van der Waals surface area contributed by atoms with E-state index in [-0.39, 0.29) is 11.7 Å². The first kappa shape index (κ1) is 16.7. The highest BCUT2D eigenvalue weighted by Crippen LogP contribution is 2.45. The molecule has 1 nitrogen and oxygen atoms in total. The van der Waals surface area contributed by atoms with E-state index in [1.54, 1.807) is 12.1 Å². The highest BCUT2D eigenvalue weighted by Gasteiger charge is 2.34. The minimum atomic E-state index is -0.120. The lowest BCUT2D eigenvalue weighted by Gasteiger charge is -2.29. The molecule has 0 aromatic heterocycles. The van der Waals surface area contributed by atoms with Gasteiger partial charge < -0.3 is 0 Å². The highest BCUT2D eigenvalue weighted by atomic mass is 35.5. The number of ketones is 1. The van der Waals surface area contributed by atoms with E-state index in [1.807, 2.05) is 48.5 Å². The maximum atomic E-state index is 12.9. The highest BCUT2D eigenvalue weighted by molar-refractivity contribution is 6.34. The Labute approximate surface area is 161 Å². The van der Waals surface area contributed by atoms with Gasteiger partial charge in [-0.2, -0.15) is 0 Å². The topological polar surface area (TPSA) is 17.1 Å². The van der Waals surface area contributed by atoms with Crippen LogP contribution in [0.15, 0.2) is 60.7 Å². The summed E-state index contributed by atoms with van der Waals surface area (Å²) >= 11 is 19.4. The van der Waals surface area contributed by atoms with Crippen LogP contribution in [-0.4, -0.2) is 5.78 Å². The van der Waals surface area contributed by atoms with Crippen LogP contribution in [0.25, 0.3) is 0 Å². The molecule has 0 saturated heterocycles. The number of hydrogen-bond acceptors (Lipinski definition) is 1. The van der Waals surface area contributed by atoms with Gasteiger partial charge in [0.15, 0.2) is 5.78 Å². The van der Waals surface area contributed by atoms with Gasteiger partial charge in [-0.25, -0.2) is 0 Å². The SMILES string of the molecule is O=C1c2cccc(Cl)c2C(Cc2ccccc2Cl)c2c(Cl)cccc21. The van der Waals surface area contributed by atoms with Gasteiger partial charge in [0.1, 0.15) is 0 Å². The van der Waals surface area contributed by atoms with Crippen molar-refractivity contribution in [2.24, 2.45) is 0 Å². The largest absolute Gasteiger partial charge is 0.289 e. The standard InChI is InChI=1S/C21H13Cl3O/c22-16-8-2-1-5-12(16)11-15-19-13(6-3-9-17(19)23)21(25)14-7-4-10-18(24)20(14)15/h1-10,15H,11H2. The third kappa shape index (κ3) is 2.77. The third-order valence-corrected chi connectivity index (χ3v) is 5.70. The molecule has 0 bridgehead atoms. The number of halogens is 3. The van der Waals surface area contributed by atoms with Crippen LogP contribution in [0.4, 0.5) is 0 Å². The zero-order chi connectivity index (χ0) is 17.6. The predicted octanol–water partition coefficient (Wildman–Crippen LogP) is 6.57. The Morgan fingerprint density at radius 1 is 0.680 bits per heavy atom. The molecule has 0 heterocycles. The van der Waals surface area contributed by atoms with Crippen molar-refractivity contribution >= 4 is 40.6 Å². The summed E-state index contributed by atoms with van der Waals surface area (Å²) < 4.78 is 0. The number of hydrogen-bond donors (Lipinski definition) is 0. The molecule has 3 aromatic rings. The molecule has 0 spiro atoms. The fraction of sp³-hybridized carbons (Fsp3) is 0.0952. The van der Waals surface area contributed by atoms with E-state index < -0.39 is 0 Å². The van der Waals surface area contributed by atoms with Crippen LogP contribution in [-0.2, 0) is 6.42 Å². The molecule has 0 unspecified atom stereocenters. The molecule has 25 heavy (non-hydrogen) atoms. The van der Waals surface area contributed by atoms with Crippen LogP contribution in [0.3, 0.4) is 0 Å². The Bertz CT molecular complexity index is 939. The molecular weight excluding hydrogens is 375 g/mol. The second-order valence-corrected chi connectivity index (χ2v) is 7.30. The van der Waals surface area contributed by atoms with E-state index in [1.165, 1.54) is 0 Å². The van der Waals surface area contributed by atoms with Gasteiger partial charge in [-0.05, 0) is 41.3 Å². The first-order chi connectivity index (χ1) is 12.1. The summed E-state index contributed by atoms with van der Waals surface area (Å²) in [7, 11) is 0. The summed E-state index contributed by atoms with van der Waals surface area (Å²) in [6.07, 6.45) is 0.625. The summed E-state index contributed by atoms with van der Waals surface area (Å²) in [6, 6.07) is 18.6. The summed E-state index contributed by atoms with van der Waals surface area (Å²) in [6.45, 7) is 0. The summed E-state index contributed by atoms with van der Waals surface area (Å²) in [5, 5.41) is 1.85. The molecule has 1 aliphatic rings. The minimum Gasteiger partial charge on any atom is -0.289 e. The Morgan fingerprint density at radius 3 is 1.76 bits per heavy atom. The molecule has 0 saturated carbocycles. The van der Waals surface area contributed by atoms with Gasteiger partial charge in [0.25, 0.3) is 0 Å². The van der Waals surface area contributed by atoms with Crippen molar-refractivity contribution < 1.29 is 4.79 Å². The molecule has 0 atom stereocenters. The zero-order valence-corrected chi connectivity index (χ0v) is 15.4. The number of benzene rings is 3. The lowest BCUT2D eigenvalue weighted by molar-refractivity contribution is 0.103. The molecule has 124 valence electrons. The summed E-state index contributed by atoms with van der Waals surface area (Å²) in [5.74, 6) is -0.157. The third-order valence-electron chi connectivity index (χ3n) is 4.67. The van der Waals surface area contributed by atoms with Gasteiger partial charge in [-0.1, -0.05) is 77.3 Å². The van der Waals surface area contributed by atoms with Gasteiger partial charge in [0, 0.05) is 32.1 Å². The normalized spacial score (nSPS) is 13.5. The van der Waals surface area contributed by atoms with Crippen molar-refractivity contribution in [2.75, 3.05) is 0 Å². The predicted molar refractivity (Wildman–Crippen MR) is 103 cm³/mol. The second-order valence-electron chi connectivity index (χ2n) is 6.08. The van der Waals surface area contributed by atoms with Gasteiger partial charge in [-0.3, -0.25) is 4.79 Å². The van der Waals surface area contributed by atoms with Crippen LogP contribution < -0.4 is 0 Å². The van der Waals surface area contributed by atoms with E-state index in [2.05, 4.69) is 0 Å². The maximum absolute atomic E-state index is 12.9. The fourth-order valence-electron chi connectivity index (χ4n) is 3.56. The molecule has 0 N–H and O–H groups in total. The van der Waals surface area contributed by atoms with Gasteiger partial charge in [0.2, 0.25) is 0 Å². The van der Waals surface area contributed by atoms with Crippen molar-refractivity contribution in [3.63, 3.8) is 0 Å². The Kier molecular flexibility index (Phi) is 4.33. The van der Waals surface area contributed by atoms with Gasteiger partial charge in [-0.15, -0.1) is 0 Å². The number of rotatable bonds is 2. The monoisotopic (exact) mass is 386 g/mol. The summed E-state index contributed by atoms with van der Waals surface area (Å²) in [4.78, 5) is 12.9. The molecule has 4 rings (SSSR count). The summed E-state index contributed by atoms with van der Waals surface area (Å²) in [5.41, 5.74) is 3.93. The molecule has 4 heteroatoms. The number of fused-ring (bicyclic) bond motifs is 2. The molecule has 1 aliphatic carbocycles. The fourth-order valence-corrected chi connectivity index (χ4v) is 4.38. The zero-order valence-electron chi connectivity index (χ0n) is 13.1. The molecule has 0 amide bonds. The molecule has 0 fully saturated rings. The average molecular weight is 388 g/mol. The molecule has 0 aliphatic heterocycles. The second kappa shape index (κ2) is 6.49. The van der Waals surface area contributed by atoms with Gasteiger partial charge in [0.05, 0.1) is 0 Å². The van der Waals surface area contributed by atoms with Crippen LogP contribution in [0.2, 0.25) is 15.1 Å². The van der Waals surface area contributed by atoms with Crippen LogP contribution in [0.1, 0.15) is 38.5 Å². The number of carbonyl (C=O) groups is 1. The van der Waals surface area contributed by atoms with Crippen LogP contribution >= 0.6 is 34.8 Å². The Balaban J connectivity index is 1.96. The molecule has 3 aromatic carbocycles. The van der Waals surface area contributed by atoms with E-state index in [0.717, 1.165) is 16.7 Å². The van der Waals surface area contributed by atoms with Crippen molar-refractivity contribution in [2.45, 2.75) is 12.3 Å². The lowest BCUT2D eigenvalue weighted by atomic mass is 9.75. The maximum Gasteiger partial charge on any atom is 0.193 e. The quantitative estimate of drug-likeness (QED) is 0.486. The van der Waals surface area contributed by atoms with Crippen molar-refractivity contribution in [3.8, 4) is 0 Å². The van der Waals surface area contributed by atoms with Crippen molar-refractivity contribution in [1.29, 1.82) is 0 Å². The Hall–Kier alpha value is -1.80. The number of carbonyl (C=O) groups excluding carboxylic acids is 1. The van der Waals surface area contributed by atoms with Crippen LogP contribution in [0.5, 0.6) is 0 Å². The molecular formula is C21H13Cl3O. The smallest absolute Gasteiger partial charge is 0.193 e. The average Bonchev–Trinajstić information content (AvgIpc) is 2.60. The molecule has 0 radical (unpaired) electrons.